The Labute approximate surface area is 190 Å². The molecule has 1 fully saturated rings. The van der Waals surface area contributed by atoms with Gasteiger partial charge in [0.25, 0.3) is 0 Å². The average Bonchev–Trinajstić information content (AvgIpc) is 3.14. The largest absolute Gasteiger partial charge is 0.482 e. The Hall–Kier alpha value is -2.83. The van der Waals surface area contributed by atoms with Crippen molar-refractivity contribution in [3.05, 3.63) is 65.0 Å². The minimum absolute atomic E-state index is 0.158. The first-order valence-corrected chi connectivity index (χ1v) is 11.4. The Morgan fingerprint density at radius 3 is 2.82 bits per heavy atom. The normalized spacial score (nSPS) is 28.4. The van der Waals surface area contributed by atoms with Crippen molar-refractivity contribution in [3.8, 4) is 5.75 Å². The number of hydrogen-bond donors (Lipinski definition) is 1. The minimum Gasteiger partial charge on any atom is -0.482 e. The molecule has 4 nitrogen and oxygen atoms in total. The number of rotatable bonds is 4. The van der Waals surface area contributed by atoms with Gasteiger partial charge >= 0.3 is 12.1 Å². The molecular formula is C26H26F3NO3. The number of carboxylic acid groups (broad SMARTS) is 1. The maximum Gasteiger partial charge on any atom is 0.417 e. The van der Waals surface area contributed by atoms with Crippen LogP contribution in [-0.2, 0) is 17.4 Å². The number of pyridine rings is 1. The molecule has 0 bridgehead atoms. The second kappa shape index (κ2) is 7.89. The smallest absolute Gasteiger partial charge is 0.417 e. The van der Waals surface area contributed by atoms with Gasteiger partial charge in [-0.15, -0.1) is 0 Å². The number of nitrogens with zero attached hydrogens (tertiary/aromatic N) is 1. The molecule has 0 saturated heterocycles. The van der Waals surface area contributed by atoms with Gasteiger partial charge in [-0.2, -0.15) is 13.2 Å². The van der Waals surface area contributed by atoms with Gasteiger partial charge in [0.1, 0.15) is 5.75 Å². The Morgan fingerprint density at radius 2 is 2.06 bits per heavy atom. The maximum atomic E-state index is 13.3. The lowest BCUT2D eigenvalue weighted by atomic mass is 9.54. The van der Waals surface area contributed by atoms with Crippen LogP contribution in [0.2, 0.25) is 0 Å². The van der Waals surface area contributed by atoms with Crippen LogP contribution in [0.4, 0.5) is 13.2 Å². The SMILES string of the molecule is C[C@]12CCC3c4ccc(OCC(=O)O)cc4CCC3C1CC=C2c1cncc(C(F)(F)F)c1. The topological polar surface area (TPSA) is 59.4 Å². The van der Waals surface area contributed by atoms with E-state index >= 15 is 0 Å². The summed E-state index contributed by atoms with van der Waals surface area (Å²) in [6, 6.07) is 7.14. The summed E-state index contributed by atoms with van der Waals surface area (Å²) >= 11 is 0. The number of allylic oxidation sites excluding steroid dienone is 2. The second-order valence-corrected chi connectivity index (χ2v) is 9.73. The van der Waals surface area contributed by atoms with E-state index < -0.39 is 17.7 Å². The van der Waals surface area contributed by atoms with Crippen LogP contribution in [0.3, 0.4) is 0 Å². The molecule has 5 rings (SSSR count). The molecule has 0 aliphatic heterocycles. The van der Waals surface area contributed by atoms with Gasteiger partial charge in [-0.25, -0.2) is 4.79 Å². The molecule has 0 spiro atoms. The molecule has 33 heavy (non-hydrogen) atoms. The van der Waals surface area contributed by atoms with Crippen LogP contribution in [-0.4, -0.2) is 22.7 Å². The first-order chi connectivity index (χ1) is 15.7. The fraction of sp³-hybridized carbons (Fsp3) is 0.462. The van der Waals surface area contributed by atoms with Gasteiger partial charge in [0.05, 0.1) is 5.56 Å². The van der Waals surface area contributed by atoms with Gasteiger partial charge in [-0.05, 0) is 95.7 Å². The number of benzene rings is 1. The zero-order valence-corrected chi connectivity index (χ0v) is 18.4. The zero-order chi connectivity index (χ0) is 23.4. The van der Waals surface area contributed by atoms with E-state index in [-0.39, 0.29) is 12.0 Å². The molecule has 3 aliphatic carbocycles. The zero-order valence-electron chi connectivity index (χ0n) is 18.4. The van der Waals surface area contributed by atoms with Gasteiger partial charge in [-0.1, -0.05) is 19.1 Å². The van der Waals surface area contributed by atoms with Gasteiger partial charge in [0, 0.05) is 12.4 Å². The second-order valence-electron chi connectivity index (χ2n) is 9.73. The number of hydrogen-bond acceptors (Lipinski definition) is 3. The summed E-state index contributed by atoms with van der Waals surface area (Å²) in [5, 5.41) is 8.85. The number of aryl methyl sites for hydroxylation is 1. The van der Waals surface area contributed by atoms with E-state index in [4.69, 9.17) is 9.84 Å². The highest BCUT2D eigenvalue weighted by molar-refractivity contribution is 5.73. The van der Waals surface area contributed by atoms with E-state index in [1.54, 1.807) is 6.20 Å². The maximum absolute atomic E-state index is 13.3. The third-order valence-electron chi connectivity index (χ3n) is 8.02. The van der Waals surface area contributed by atoms with E-state index in [9.17, 15) is 18.0 Å². The van der Waals surface area contributed by atoms with Gasteiger partial charge < -0.3 is 9.84 Å². The number of carboxylic acids is 1. The van der Waals surface area contributed by atoms with Crippen molar-refractivity contribution in [2.24, 2.45) is 17.3 Å². The molecule has 4 atom stereocenters. The standard InChI is InChI=1S/C26H26F3NO3/c1-25-9-8-20-19-5-3-18(33-14-24(31)32)11-15(19)2-4-21(20)23(25)7-6-22(25)16-10-17(13-30-12-16)26(27,28)29/h3,5-6,10-13,20-21,23H,2,4,7-9,14H2,1H3,(H,31,32)/t20?,21?,23?,25-/m1/s1. The van der Waals surface area contributed by atoms with E-state index in [0.717, 1.165) is 43.9 Å². The van der Waals surface area contributed by atoms with E-state index in [2.05, 4.69) is 24.1 Å². The highest BCUT2D eigenvalue weighted by Crippen LogP contribution is 2.63. The molecule has 3 unspecified atom stereocenters. The molecule has 1 aromatic heterocycles. The highest BCUT2D eigenvalue weighted by Gasteiger charge is 2.52. The number of fused-ring (bicyclic) bond motifs is 5. The number of aliphatic carboxylic acids is 1. The van der Waals surface area contributed by atoms with E-state index in [1.807, 2.05) is 12.1 Å². The predicted octanol–water partition coefficient (Wildman–Crippen LogP) is 6.11. The van der Waals surface area contributed by atoms with Crippen LogP contribution in [0.25, 0.3) is 5.57 Å². The number of alkyl halides is 3. The Balaban J connectivity index is 1.39. The first-order valence-electron chi connectivity index (χ1n) is 11.4. The van der Waals surface area contributed by atoms with Crippen molar-refractivity contribution in [3.63, 3.8) is 0 Å². The molecule has 1 saturated carbocycles. The molecule has 174 valence electrons. The van der Waals surface area contributed by atoms with Crippen LogP contribution < -0.4 is 4.74 Å². The summed E-state index contributed by atoms with van der Waals surface area (Å²) in [6.45, 7) is 1.86. The monoisotopic (exact) mass is 457 g/mol. The van der Waals surface area contributed by atoms with Crippen LogP contribution in [0.5, 0.6) is 5.75 Å². The van der Waals surface area contributed by atoms with Crippen molar-refractivity contribution < 1.29 is 27.8 Å². The van der Waals surface area contributed by atoms with Crippen molar-refractivity contribution in [2.75, 3.05) is 6.61 Å². The third kappa shape index (κ3) is 3.81. The molecule has 1 heterocycles. The lowest BCUT2D eigenvalue weighted by Crippen LogP contribution is -2.40. The lowest BCUT2D eigenvalue weighted by molar-refractivity contribution is -0.139. The van der Waals surface area contributed by atoms with Crippen LogP contribution in [0.1, 0.15) is 60.8 Å². The molecule has 3 aliphatic rings. The molecule has 1 aromatic carbocycles. The fourth-order valence-corrected chi connectivity index (χ4v) is 6.55. The summed E-state index contributed by atoms with van der Waals surface area (Å²) in [5.41, 5.74) is 3.27. The number of aromatic nitrogens is 1. The fourth-order valence-electron chi connectivity index (χ4n) is 6.55. The minimum atomic E-state index is -4.40. The average molecular weight is 457 g/mol. The summed E-state index contributed by atoms with van der Waals surface area (Å²) < 4.78 is 45.2. The number of halogens is 3. The highest BCUT2D eigenvalue weighted by atomic mass is 19.4. The summed E-state index contributed by atoms with van der Waals surface area (Å²) in [4.78, 5) is 14.7. The molecule has 7 heteroatoms. The Kier molecular flexibility index (Phi) is 5.26. The molecule has 0 radical (unpaired) electrons. The summed E-state index contributed by atoms with van der Waals surface area (Å²) in [5.74, 6) is 0.844. The molecule has 1 N–H and O–H groups in total. The van der Waals surface area contributed by atoms with Crippen molar-refractivity contribution in [1.29, 1.82) is 0 Å². The molecular weight excluding hydrogens is 431 g/mol. The third-order valence-corrected chi connectivity index (χ3v) is 8.02. The van der Waals surface area contributed by atoms with Crippen molar-refractivity contribution in [1.82, 2.24) is 4.98 Å². The predicted molar refractivity (Wildman–Crippen MR) is 117 cm³/mol. The Morgan fingerprint density at radius 1 is 1.24 bits per heavy atom. The van der Waals surface area contributed by atoms with Gasteiger partial charge in [-0.3, -0.25) is 4.98 Å². The molecule has 0 amide bonds. The summed E-state index contributed by atoms with van der Waals surface area (Å²) in [7, 11) is 0. The lowest BCUT2D eigenvalue weighted by Gasteiger charge is -2.50. The van der Waals surface area contributed by atoms with Gasteiger partial charge in [0.15, 0.2) is 6.61 Å². The first kappa shape index (κ1) is 22.0. The van der Waals surface area contributed by atoms with E-state index in [0.29, 0.717) is 29.1 Å². The number of ether oxygens (including phenoxy) is 1. The summed E-state index contributed by atoms with van der Waals surface area (Å²) in [6.07, 6.45) is 4.87. The van der Waals surface area contributed by atoms with E-state index in [1.165, 1.54) is 17.2 Å². The van der Waals surface area contributed by atoms with Gasteiger partial charge in [0.2, 0.25) is 0 Å². The van der Waals surface area contributed by atoms with Crippen LogP contribution in [0, 0.1) is 17.3 Å². The van der Waals surface area contributed by atoms with Crippen LogP contribution >= 0.6 is 0 Å². The van der Waals surface area contributed by atoms with Crippen molar-refractivity contribution in [2.45, 2.75) is 51.1 Å². The molecule has 2 aromatic rings. The van der Waals surface area contributed by atoms with Crippen LogP contribution in [0.15, 0.2) is 42.7 Å². The van der Waals surface area contributed by atoms with Crippen molar-refractivity contribution >= 4 is 11.5 Å². The number of carbonyl (C=O) groups is 1. The Bertz CT molecular complexity index is 1130. The quantitative estimate of drug-likeness (QED) is 0.602.